The van der Waals surface area contributed by atoms with Crippen molar-refractivity contribution >= 4 is 51.5 Å². The lowest BCUT2D eigenvalue weighted by atomic mass is 9.96. The number of piperidine rings is 1. The summed E-state index contributed by atoms with van der Waals surface area (Å²) < 4.78 is 20.3. The Balaban J connectivity index is 0.000000183. The number of halogens is 2. The Kier molecular flexibility index (Phi) is 9.98. The highest BCUT2D eigenvalue weighted by Gasteiger charge is 2.23. The van der Waals surface area contributed by atoms with Crippen molar-refractivity contribution < 1.29 is 18.7 Å². The Morgan fingerprint density at radius 1 is 1.31 bits per heavy atom. The van der Waals surface area contributed by atoms with E-state index in [9.17, 15) is 14.0 Å². The molecule has 0 spiro atoms. The largest absolute Gasteiger partial charge is 0.481 e. The zero-order valence-electron chi connectivity index (χ0n) is 21.9. The van der Waals surface area contributed by atoms with Gasteiger partial charge in [0.15, 0.2) is 12.1 Å². The summed E-state index contributed by atoms with van der Waals surface area (Å²) >= 11 is 2.11. The second-order valence-electron chi connectivity index (χ2n) is 9.27. The highest BCUT2D eigenvalue weighted by atomic mass is 127. The molecule has 1 fully saturated rings. The third-order valence-corrected chi connectivity index (χ3v) is 8.48. The monoisotopic (exact) mass is 665 g/mol. The summed E-state index contributed by atoms with van der Waals surface area (Å²) in [7, 11) is 3.56. The predicted octanol–water partition coefficient (Wildman–Crippen LogP) is 4.53. The number of carbonyl (C=O) groups excluding carboxylic acids is 2. The van der Waals surface area contributed by atoms with Crippen LogP contribution < -0.4 is 10.1 Å². The molecule has 1 aliphatic heterocycles. The number of nitrogens with zero attached hydrogens (tertiary/aromatic N) is 5. The third-order valence-electron chi connectivity index (χ3n) is 6.61. The lowest BCUT2D eigenvalue weighted by molar-refractivity contribution is -0.126. The number of ether oxygens (including phenoxy) is 1. The van der Waals surface area contributed by atoms with Gasteiger partial charge in [-0.15, -0.1) is 0 Å². The van der Waals surface area contributed by atoms with E-state index in [-0.39, 0.29) is 23.9 Å². The molecule has 4 heterocycles. The lowest BCUT2D eigenvalue weighted by Crippen LogP contribution is -2.38. The first kappa shape index (κ1) is 29.0. The number of nitrogens with one attached hydrogen (secondary N) is 2. The van der Waals surface area contributed by atoms with Crippen molar-refractivity contribution in [1.82, 2.24) is 34.9 Å². The molecule has 1 aliphatic rings. The molecule has 4 aromatic rings. The summed E-state index contributed by atoms with van der Waals surface area (Å²) in [5.74, 6) is 0.181. The number of aromatic amines is 1. The van der Waals surface area contributed by atoms with Crippen molar-refractivity contribution in [2.24, 2.45) is 5.92 Å². The summed E-state index contributed by atoms with van der Waals surface area (Å²) in [6.45, 7) is 4.62. The number of aryl methyl sites for hydroxylation is 1. The van der Waals surface area contributed by atoms with Crippen LogP contribution in [-0.4, -0.2) is 69.1 Å². The van der Waals surface area contributed by atoms with E-state index >= 15 is 0 Å². The van der Waals surface area contributed by atoms with Gasteiger partial charge in [-0.1, -0.05) is 6.07 Å². The number of hydrogen-bond acceptors (Lipinski definition) is 7. The van der Waals surface area contributed by atoms with Gasteiger partial charge in [0.25, 0.3) is 0 Å². The fraction of sp³-hybridized carbons (Fsp3) is 0.346. The summed E-state index contributed by atoms with van der Waals surface area (Å²) in [6.07, 6.45) is 3.90. The molecule has 0 bridgehead atoms. The van der Waals surface area contributed by atoms with Crippen molar-refractivity contribution in [3.8, 4) is 17.1 Å². The second kappa shape index (κ2) is 13.4. The number of rotatable bonds is 7. The van der Waals surface area contributed by atoms with E-state index in [0.717, 1.165) is 54.3 Å². The number of carbonyl (C=O) groups is 2. The summed E-state index contributed by atoms with van der Waals surface area (Å²) in [4.78, 5) is 29.0. The molecular weight excluding hydrogens is 635 g/mol. The van der Waals surface area contributed by atoms with Gasteiger partial charge in [0.1, 0.15) is 5.69 Å². The quantitative estimate of drug-likeness (QED) is 0.169. The average molecular weight is 665 g/mol. The Morgan fingerprint density at radius 2 is 2.08 bits per heavy atom. The maximum Gasteiger partial charge on any atom is 0.223 e. The van der Waals surface area contributed by atoms with Crippen LogP contribution in [0.2, 0.25) is 0 Å². The van der Waals surface area contributed by atoms with E-state index in [0.29, 0.717) is 30.0 Å². The maximum absolute atomic E-state index is 13.8. The van der Waals surface area contributed by atoms with Gasteiger partial charge in [-0.2, -0.15) is 10.2 Å². The van der Waals surface area contributed by atoms with Crippen molar-refractivity contribution in [1.29, 1.82) is 0 Å². The van der Waals surface area contributed by atoms with Gasteiger partial charge in [0, 0.05) is 35.2 Å². The molecule has 3 aromatic heterocycles. The Bertz CT molecular complexity index is 1450. The first-order valence-corrected chi connectivity index (χ1v) is 16.4. The smallest absolute Gasteiger partial charge is 0.223 e. The van der Waals surface area contributed by atoms with Gasteiger partial charge in [0.2, 0.25) is 11.8 Å². The van der Waals surface area contributed by atoms with E-state index in [1.807, 2.05) is 19.1 Å². The van der Waals surface area contributed by atoms with Crippen LogP contribution in [0.15, 0.2) is 36.5 Å². The van der Waals surface area contributed by atoms with Crippen LogP contribution in [0.5, 0.6) is 5.88 Å². The molecule has 2 N–H and O–H groups in total. The van der Waals surface area contributed by atoms with Crippen LogP contribution in [0, 0.1) is 18.7 Å². The number of hydrogen-bond donors (Lipinski definition) is 2. The van der Waals surface area contributed by atoms with Crippen LogP contribution in [0.4, 0.5) is 4.39 Å². The summed E-state index contributed by atoms with van der Waals surface area (Å²) in [5, 5.41) is 15.4. The Labute approximate surface area is 240 Å². The van der Waals surface area contributed by atoms with Crippen LogP contribution in [-0.2, 0) is 11.3 Å². The molecule has 1 aromatic carbocycles. The highest BCUT2D eigenvalue weighted by molar-refractivity contribution is 14.2. The first-order valence-electron chi connectivity index (χ1n) is 12.3. The Hall–Kier alpha value is -2.96. The van der Waals surface area contributed by atoms with E-state index in [2.05, 4.69) is 65.7 Å². The van der Waals surface area contributed by atoms with Gasteiger partial charge in [0.05, 0.1) is 30.9 Å². The molecule has 206 valence electrons. The predicted molar refractivity (Wildman–Crippen MR) is 158 cm³/mol. The topological polar surface area (TPSA) is 118 Å². The zero-order chi connectivity index (χ0) is 27.9. The first-order chi connectivity index (χ1) is 18.8. The summed E-state index contributed by atoms with van der Waals surface area (Å²) in [5.41, 5.74) is 4.26. The normalized spacial score (nSPS) is 14.4. The number of fused-ring (bicyclic) bond motifs is 1. The van der Waals surface area contributed by atoms with Gasteiger partial charge in [-0.05, 0) is 85.7 Å². The SMILES string of the molecule is COc1cc(-c2cc(C=O)nn2PI)c(F)cn1.Cc1[nH]nc2ccc(CNC(=O)C3CCN(C)CC3)cc12. The molecule has 5 rings (SSSR count). The number of amides is 1. The van der Waals surface area contributed by atoms with Gasteiger partial charge >= 0.3 is 0 Å². The molecule has 0 aliphatic carbocycles. The van der Waals surface area contributed by atoms with E-state index in [1.54, 1.807) is 4.45 Å². The molecule has 1 amide bonds. The molecule has 0 radical (unpaired) electrons. The fourth-order valence-electron chi connectivity index (χ4n) is 4.34. The van der Waals surface area contributed by atoms with Crippen LogP contribution in [0.1, 0.15) is 34.6 Å². The van der Waals surface area contributed by atoms with Crippen molar-refractivity contribution in [2.45, 2.75) is 26.3 Å². The number of aromatic nitrogens is 5. The molecule has 0 saturated carbocycles. The minimum absolute atomic E-state index is 0.167. The average Bonchev–Trinajstić information content (AvgIpc) is 3.55. The fourth-order valence-corrected chi connectivity index (χ4v) is 5.87. The molecule has 1 atom stereocenters. The number of benzene rings is 1. The molecule has 39 heavy (non-hydrogen) atoms. The lowest BCUT2D eigenvalue weighted by Gasteiger charge is -2.28. The van der Waals surface area contributed by atoms with Crippen LogP contribution in [0.25, 0.3) is 22.2 Å². The summed E-state index contributed by atoms with van der Waals surface area (Å²) in [6, 6.07) is 9.14. The van der Waals surface area contributed by atoms with E-state index < -0.39 is 5.82 Å². The van der Waals surface area contributed by atoms with E-state index in [4.69, 9.17) is 4.74 Å². The van der Waals surface area contributed by atoms with Crippen LogP contribution in [0.3, 0.4) is 0 Å². The maximum atomic E-state index is 13.8. The standard InChI is InChI=1S/C16H22N4O.C10H8FIN3O2P/c1-11-14-9-12(3-4-15(14)19-18-11)10-17-16(21)13-5-7-20(2)8-6-13;1-17-10-3-7(8(11)4-13-10)9-2-6(5-16)14-15(9)18-12/h3-4,9,13H,5-8,10H2,1-2H3,(H,17,21)(H,18,19);2-5,18H,1H3. The number of H-pyrrole nitrogens is 1. The van der Waals surface area contributed by atoms with Gasteiger partial charge < -0.3 is 15.0 Å². The molecular formula is C26H30FIN7O3P. The number of pyridine rings is 1. The minimum Gasteiger partial charge on any atom is -0.481 e. The van der Waals surface area contributed by atoms with Crippen molar-refractivity contribution in [3.63, 3.8) is 0 Å². The molecule has 1 unspecified atom stereocenters. The molecule has 10 nitrogen and oxygen atoms in total. The minimum atomic E-state index is -0.482. The van der Waals surface area contributed by atoms with Crippen molar-refractivity contribution in [3.05, 3.63) is 59.3 Å². The zero-order valence-corrected chi connectivity index (χ0v) is 25.0. The van der Waals surface area contributed by atoms with E-state index in [1.165, 1.54) is 19.2 Å². The van der Waals surface area contributed by atoms with Crippen LogP contribution >= 0.6 is 28.4 Å². The Morgan fingerprint density at radius 3 is 2.77 bits per heavy atom. The van der Waals surface area contributed by atoms with Gasteiger partial charge in [-0.3, -0.25) is 14.7 Å². The van der Waals surface area contributed by atoms with Crippen molar-refractivity contribution in [2.75, 3.05) is 27.2 Å². The number of methoxy groups -OCH3 is 1. The third kappa shape index (κ3) is 7.17. The number of likely N-dealkylation sites (tertiary alicyclic amines) is 1. The number of aldehydes is 1. The highest BCUT2D eigenvalue weighted by Crippen LogP contribution is 2.33. The molecule has 1 saturated heterocycles. The van der Waals surface area contributed by atoms with Gasteiger partial charge in [-0.25, -0.2) is 13.8 Å². The molecule has 13 heteroatoms. The second-order valence-corrected chi connectivity index (χ2v) is 11.3.